The largest absolute Gasteiger partial charge is 0.465 e. The van der Waals surface area contributed by atoms with Gasteiger partial charge in [-0.1, -0.05) is 36.9 Å². The van der Waals surface area contributed by atoms with E-state index in [2.05, 4.69) is 23.2 Å². The Balaban J connectivity index is 1.79. The lowest BCUT2D eigenvalue weighted by molar-refractivity contribution is 0.438. The average molecular weight is 404 g/mol. The predicted octanol–water partition coefficient (Wildman–Crippen LogP) is 6.91. The van der Waals surface area contributed by atoms with E-state index in [1.54, 1.807) is 0 Å². The van der Waals surface area contributed by atoms with E-state index in [0.717, 1.165) is 34.2 Å². The van der Waals surface area contributed by atoms with Gasteiger partial charge in [0, 0.05) is 5.56 Å². The summed E-state index contributed by atoms with van der Waals surface area (Å²) in [6, 6.07) is 17.4. The number of halogens is 2. The number of ether oxygens (including phenoxy) is 1. The van der Waals surface area contributed by atoms with E-state index in [1.165, 1.54) is 24.5 Å². The van der Waals surface area contributed by atoms with Gasteiger partial charge in [-0.3, -0.25) is 5.43 Å². The van der Waals surface area contributed by atoms with Gasteiger partial charge in [0.25, 0.3) is 0 Å². The van der Waals surface area contributed by atoms with Crippen molar-refractivity contribution in [1.29, 1.82) is 0 Å². The lowest BCUT2D eigenvalue weighted by Crippen LogP contribution is -1.96. The molecule has 0 aliphatic carbocycles. The third kappa shape index (κ3) is 4.81. The molecule has 0 fully saturated rings. The molecule has 30 heavy (non-hydrogen) atoms. The fourth-order valence-corrected chi connectivity index (χ4v) is 3.01. The summed E-state index contributed by atoms with van der Waals surface area (Å²) in [5.74, 6) is -0.585. The third-order valence-electron chi connectivity index (χ3n) is 4.58. The molecule has 0 aliphatic rings. The summed E-state index contributed by atoms with van der Waals surface area (Å²) >= 11 is 0. The van der Waals surface area contributed by atoms with E-state index in [9.17, 15) is 8.78 Å². The number of aryl methyl sites for hydroxylation is 1. The first kappa shape index (κ1) is 21.0. The summed E-state index contributed by atoms with van der Waals surface area (Å²) in [4.78, 5) is 0. The number of allylic oxidation sites excluding steroid dienone is 1. The molecule has 0 atom stereocenters. The van der Waals surface area contributed by atoms with E-state index in [-0.39, 0.29) is 5.56 Å². The minimum atomic E-state index is -0.660. The Hall–Kier alpha value is -3.73. The SMILES string of the molecule is C=CO/C(=C\C)c1ccc(C)c(-c2ccc(N/N=C/c3c(F)cccc3F)cc2)c1. The molecule has 3 aromatic rings. The number of benzene rings is 3. The van der Waals surface area contributed by atoms with Crippen molar-refractivity contribution in [2.24, 2.45) is 5.10 Å². The number of rotatable bonds is 7. The second-order valence-corrected chi connectivity index (χ2v) is 6.55. The van der Waals surface area contributed by atoms with Crippen molar-refractivity contribution in [2.45, 2.75) is 13.8 Å². The highest BCUT2D eigenvalue weighted by atomic mass is 19.1. The van der Waals surface area contributed by atoms with Crippen LogP contribution < -0.4 is 5.43 Å². The van der Waals surface area contributed by atoms with Crippen molar-refractivity contribution >= 4 is 17.7 Å². The van der Waals surface area contributed by atoms with Crippen LogP contribution in [0.25, 0.3) is 16.9 Å². The van der Waals surface area contributed by atoms with E-state index in [0.29, 0.717) is 5.69 Å². The number of hydrazone groups is 1. The molecule has 0 saturated carbocycles. The van der Waals surface area contributed by atoms with Gasteiger partial charge in [-0.05, 0) is 66.9 Å². The predicted molar refractivity (Wildman–Crippen MR) is 119 cm³/mol. The van der Waals surface area contributed by atoms with Crippen LogP contribution in [0.5, 0.6) is 0 Å². The lowest BCUT2D eigenvalue weighted by atomic mass is 9.97. The monoisotopic (exact) mass is 404 g/mol. The van der Waals surface area contributed by atoms with Gasteiger partial charge in [0.05, 0.1) is 23.7 Å². The molecule has 0 heterocycles. The summed E-state index contributed by atoms with van der Waals surface area (Å²) in [6.45, 7) is 7.57. The molecule has 3 aromatic carbocycles. The van der Waals surface area contributed by atoms with Gasteiger partial charge < -0.3 is 4.74 Å². The number of nitrogens with zero attached hydrogens (tertiary/aromatic N) is 1. The van der Waals surface area contributed by atoms with Crippen LogP contribution in [0, 0.1) is 18.6 Å². The molecule has 1 N–H and O–H groups in total. The van der Waals surface area contributed by atoms with Gasteiger partial charge in [-0.15, -0.1) is 0 Å². The molecule has 5 heteroatoms. The van der Waals surface area contributed by atoms with E-state index in [4.69, 9.17) is 4.74 Å². The average Bonchev–Trinajstić information content (AvgIpc) is 2.75. The molecule has 0 aromatic heterocycles. The maximum atomic E-state index is 13.6. The zero-order valence-electron chi connectivity index (χ0n) is 16.8. The molecule has 3 rings (SSSR count). The van der Waals surface area contributed by atoms with Gasteiger partial charge in [-0.2, -0.15) is 5.10 Å². The highest BCUT2D eigenvalue weighted by Gasteiger charge is 2.08. The van der Waals surface area contributed by atoms with E-state index >= 15 is 0 Å². The van der Waals surface area contributed by atoms with Crippen molar-refractivity contribution in [3.05, 3.63) is 108 Å². The molecule has 3 nitrogen and oxygen atoms in total. The van der Waals surface area contributed by atoms with Crippen molar-refractivity contribution in [3.63, 3.8) is 0 Å². The number of anilines is 1. The first-order valence-electron chi connectivity index (χ1n) is 9.42. The van der Waals surface area contributed by atoms with Crippen LogP contribution in [-0.2, 0) is 4.74 Å². The molecular formula is C25H22F2N2O. The Morgan fingerprint density at radius 1 is 1.03 bits per heavy atom. The zero-order valence-corrected chi connectivity index (χ0v) is 16.8. The van der Waals surface area contributed by atoms with Gasteiger partial charge in [0.2, 0.25) is 0 Å². The molecule has 0 radical (unpaired) electrons. The Morgan fingerprint density at radius 3 is 2.37 bits per heavy atom. The first-order valence-corrected chi connectivity index (χ1v) is 9.42. The third-order valence-corrected chi connectivity index (χ3v) is 4.58. The first-order chi connectivity index (χ1) is 14.5. The second-order valence-electron chi connectivity index (χ2n) is 6.55. The Bertz CT molecular complexity index is 1080. The van der Waals surface area contributed by atoms with Crippen LogP contribution in [-0.4, -0.2) is 6.21 Å². The lowest BCUT2D eigenvalue weighted by Gasteiger charge is -2.12. The number of hydrogen-bond donors (Lipinski definition) is 1. The molecule has 0 saturated heterocycles. The molecule has 0 unspecified atom stereocenters. The van der Waals surface area contributed by atoms with Crippen LogP contribution in [0.15, 0.2) is 84.7 Å². The van der Waals surface area contributed by atoms with Gasteiger partial charge in [-0.25, -0.2) is 8.78 Å². The van der Waals surface area contributed by atoms with E-state index in [1.807, 2.05) is 56.3 Å². The minimum Gasteiger partial charge on any atom is -0.465 e. The highest BCUT2D eigenvalue weighted by Crippen LogP contribution is 2.29. The van der Waals surface area contributed by atoms with Gasteiger partial charge >= 0.3 is 0 Å². The fraction of sp³-hybridized carbons (Fsp3) is 0.0800. The number of hydrogen-bond acceptors (Lipinski definition) is 3. The topological polar surface area (TPSA) is 33.6 Å². The van der Waals surface area contributed by atoms with Crippen molar-refractivity contribution in [1.82, 2.24) is 0 Å². The highest BCUT2D eigenvalue weighted by molar-refractivity contribution is 5.81. The maximum absolute atomic E-state index is 13.6. The molecule has 0 amide bonds. The van der Waals surface area contributed by atoms with Gasteiger partial charge in [0.1, 0.15) is 17.4 Å². The fourth-order valence-electron chi connectivity index (χ4n) is 3.01. The van der Waals surface area contributed by atoms with E-state index < -0.39 is 11.6 Å². The molecule has 0 aliphatic heterocycles. The normalized spacial score (nSPS) is 11.5. The molecule has 0 bridgehead atoms. The maximum Gasteiger partial charge on any atom is 0.134 e. The van der Waals surface area contributed by atoms with Crippen LogP contribution >= 0.6 is 0 Å². The number of nitrogens with one attached hydrogen (secondary N) is 1. The van der Waals surface area contributed by atoms with Crippen LogP contribution in [0.1, 0.15) is 23.6 Å². The second kappa shape index (κ2) is 9.65. The van der Waals surface area contributed by atoms with Crippen molar-refractivity contribution in [3.8, 4) is 11.1 Å². The summed E-state index contributed by atoms with van der Waals surface area (Å²) < 4.78 is 32.8. The Labute approximate surface area is 175 Å². The van der Waals surface area contributed by atoms with Crippen molar-refractivity contribution < 1.29 is 13.5 Å². The van der Waals surface area contributed by atoms with Gasteiger partial charge in [0.15, 0.2) is 0 Å². The quantitative estimate of drug-likeness (QED) is 0.264. The summed E-state index contributed by atoms with van der Waals surface area (Å²) in [5, 5.41) is 3.93. The van der Waals surface area contributed by atoms with Crippen molar-refractivity contribution in [2.75, 3.05) is 5.43 Å². The van der Waals surface area contributed by atoms with Crippen LogP contribution in [0.4, 0.5) is 14.5 Å². The Morgan fingerprint density at radius 2 is 1.73 bits per heavy atom. The summed E-state index contributed by atoms with van der Waals surface area (Å²) in [7, 11) is 0. The molecular weight excluding hydrogens is 382 g/mol. The minimum absolute atomic E-state index is 0.185. The Kier molecular flexibility index (Phi) is 6.75. The summed E-state index contributed by atoms with van der Waals surface area (Å²) in [6.07, 6.45) is 4.42. The zero-order chi connectivity index (χ0) is 21.5. The van der Waals surface area contributed by atoms with Crippen LogP contribution in [0.3, 0.4) is 0 Å². The summed E-state index contributed by atoms with van der Waals surface area (Å²) in [5.41, 5.74) is 7.49. The standard InChI is InChI=1S/C25H22F2N2O/c1-4-25(30-5-2)19-10-9-17(3)21(15-19)18-11-13-20(14-12-18)29-28-16-22-23(26)7-6-8-24(22)27/h4-16,29H,2H2,1,3H3/b25-4-,28-16+. The molecule has 0 spiro atoms. The van der Waals surface area contributed by atoms with Crippen LogP contribution in [0.2, 0.25) is 0 Å². The molecule has 152 valence electrons. The smallest absolute Gasteiger partial charge is 0.134 e.